The van der Waals surface area contributed by atoms with Crippen molar-refractivity contribution in [1.82, 2.24) is 0 Å². The van der Waals surface area contributed by atoms with Gasteiger partial charge in [0.1, 0.15) is 24.3 Å². The van der Waals surface area contributed by atoms with Crippen LogP contribution in [0.4, 0.5) is 10.1 Å². The van der Waals surface area contributed by atoms with Gasteiger partial charge >= 0.3 is 0 Å². The lowest BCUT2D eigenvalue weighted by molar-refractivity contribution is 0.114. The van der Waals surface area contributed by atoms with Crippen LogP contribution in [0.2, 0.25) is 0 Å². The Labute approximate surface area is 141 Å². The van der Waals surface area contributed by atoms with Crippen molar-refractivity contribution in [2.75, 3.05) is 23.7 Å². The van der Waals surface area contributed by atoms with E-state index in [1.165, 1.54) is 24.3 Å². The van der Waals surface area contributed by atoms with Gasteiger partial charge < -0.3 is 9.84 Å². The number of benzene rings is 2. The van der Waals surface area contributed by atoms with E-state index in [1.807, 2.05) is 25.1 Å². The molecule has 0 radical (unpaired) electrons. The second kappa shape index (κ2) is 7.63. The molecule has 1 N–H and O–H groups in total. The number of sulfonamides is 1. The molecule has 0 fully saturated rings. The van der Waals surface area contributed by atoms with Crippen LogP contribution in [0.5, 0.6) is 5.75 Å². The van der Waals surface area contributed by atoms with Crippen LogP contribution in [0.3, 0.4) is 0 Å². The molecule has 0 saturated carbocycles. The van der Waals surface area contributed by atoms with Crippen LogP contribution in [-0.4, -0.2) is 39.0 Å². The molecule has 2 rings (SSSR count). The minimum absolute atomic E-state index is 0.0575. The van der Waals surface area contributed by atoms with Gasteiger partial charge in [-0.15, -0.1) is 0 Å². The van der Waals surface area contributed by atoms with E-state index >= 15 is 0 Å². The van der Waals surface area contributed by atoms with E-state index in [-0.39, 0.29) is 18.8 Å². The first kappa shape index (κ1) is 18.2. The molecule has 0 amide bonds. The van der Waals surface area contributed by atoms with Gasteiger partial charge in [-0.05, 0) is 42.8 Å². The van der Waals surface area contributed by atoms with E-state index < -0.39 is 21.9 Å². The van der Waals surface area contributed by atoms with Crippen LogP contribution in [0.25, 0.3) is 0 Å². The zero-order valence-corrected chi connectivity index (χ0v) is 14.3. The van der Waals surface area contributed by atoms with Crippen molar-refractivity contribution in [2.24, 2.45) is 0 Å². The van der Waals surface area contributed by atoms with Gasteiger partial charge in [0.15, 0.2) is 0 Å². The Morgan fingerprint density at radius 2 is 1.79 bits per heavy atom. The number of aliphatic hydroxyl groups is 1. The topological polar surface area (TPSA) is 66.8 Å². The summed E-state index contributed by atoms with van der Waals surface area (Å²) in [6.45, 7) is 1.64. The van der Waals surface area contributed by atoms with Gasteiger partial charge in [-0.3, -0.25) is 4.31 Å². The molecule has 0 bridgehead atoms. The molecule has 1 unspecified atom stereocenters. The van der Waals surface area contributed by atoms with Crippen LogP contribution in [0.1, 0.15) is 5.56 Å². The molecule has 0 aromatic heterocycles. The summed E-state index contributed by atoms with van der Waals surface area (Å²) in [5, 5.41) is 10.1. The molecule has 24 heavy (non-hydrogen) atoms. The first-order valence-corrected chi connectivity index (χ1v) is 9.22. The summed E-state index contributed by atoms with van der Waals surface area (Å²) >= 11 is 0. The molecule has 0 heterocycles. The van der Waals surface area contributed by atoms with E-state index in [0.29, 0.717) is 5.75 Å². The summed E-state index contributed by atoms with van der Waals surface area (Å²) in [4.78, 5) is 0. The molecule has 7 heteroatoms. The highest BCUT2D eigenvalue weighted by Crippen LogP contribution is 2.20. The molecule has 0 aliphatic rings. The van der Waals surface area contributed by atoms with E-state index in [1.54, 1.807) is 6.07 Å². The Kier molecular flexibility index (Phi) is 5.80. The largest absolute Gasteiger partial charge is 0.491 e. The second-order valence-corrected chi connectivity index (χ2v) is 7.41. The first-order valence-electron chi connectivity index (χ1n) is 7.37. The molecular formula is C17H20FNO4S. The monoisotopic (exact) mass is 353 g/mol. The molecule has 5 nitrogen and oxygen atoms in total. The third kappa shape index (κ3) is 4.94. The molecule has 0 saturated heterocycles. The number of halogens is 1. The van der Waals surface area contributed by atoms with Gasteiger partial charge in [0.2, 0.25) is 10.0 Å². The predicted octanol–water partition coefficient (Wildman–Crippen LogP) is 2.34. The standard InChI is InChI=1S/C17H20FNO4S/c1-13-5-3-4-6-17(13)23-12-16(20)11-19(24(2,21)22)15-9-7-14(18)8-10-15/h3-10,16,20H,11-12H2,1-2H3. The van der Waals surface area contributed by atoms with Crippen molar-refractivity contribution in [1.29, 1.82) is 0 Å². The Hall–Kier alpha value is -2.12. The van der Waals surface area contributed by atoms with Crippen molar-refractivity contribution >= 4 is 15.7 Å². The third-order valence-electron chi connectivity index (χ3n) is 3.42. The average molecular weight is 353 g/mol. The molecule has 0 spiro atoms. The smallest absolute Gasteiger partial charge is 0.232 e. The van der Waals surface area contributed by atoms with E-state index in [4.69, 9.17) is 4.74 Å². The van der Waals surface area contributed by atoms with Crippen LogP contribution >= 0.6 is 0 Å². The fourth-order valence-electron chi connectivity index (χ4n) is 2.19. The number of rotatable bonds is 7. The number of hydrogen-bond donors (Lipinski definition) is 1. The predicted molar refractivity (Wildman–Crippen MR) is 91.3 cm³/mol. The summed E-state index contributed by atoms with van der Waals surface area (Å²) in [7, 11) is -3.62. The number of anilines is 1. The van der Waals surface area contributed by atoms with Gasteiger partial charge in [0.25, 0.3) is 0 Å². The minimum atomic E-state index is -3.62. The molecular weight excluding hydrogens is 333 g/mol. The number of nitrogens with zero attached hydrogens (tertiary/aromatic N) is 1. The highest BCUT2D eigenvalue weighted by Gasteiger charge is 2.21. The zero-order chi connectivity index (χ0) is 17.7. The third-order valence-corrected chi connectivity index (χ3v) is 4.58. The lowest BCUT2D eigenvalue weighted by atomic mass is 10.2. The van der Waals surface area contributed by atoms with E-state index in [0.717, 1.165) is 16.1 Å². The van der Waals surface area contributed by atoms with Gasteiger partial charge in [-0.1, -0.05) is 18.2 Å². The van der Waals surface area contributed by atoms with Crippen LogP contribution in [0, 0.1) is 12.7 Å². The fraction of sp³-hybridized carbons (Fsp3) is 0.294. The molecule has 2 aromatic carbocycles. The lowest BCUT2D eigenvalue weighted by Crippen LogP contribution is -2.39. The number of aryl methyl sites for hydroxylation is 1. The van der Waals surface area contributed by atoms with Gasteiger partial charge in [-0.2, -0.15) is 0 Å². The van der Waals surface area contributed by atoms with Gasteiger partial charge in [0, 0.05) is 0 Å². The SMILES string of the molecule is Cc1ccccc1OCC(O)CN(c1ccc(F)cc1)S(C)(=O)=O. The maximum absolute atomic E-state index is 13.0. The quantitative estimate of drug-likeness (QED) is 0.830. The van der Waals surface area contributed by atoms with Crippen LogP contribution in [-0.2, 0) is 10.0 Å². The van der Waals surface area contributed by atoms with Crippen LogP contribution < -0.4 is 9.04 Å². The van der Waals surface area contributed by atoms with E-state index in [9.17, 15) is 17.9 Å². The number of ether oxygens (including phenoxy) is 1. The maximum atomic E-state index is 13.0. The second-order valence-electron chi connectivity index (χ2n) is 5.50. The Morgan fingerprint density at radius 1 is 1.17 bits per heavy atom. The highest BCUT2D eigenvalue weighted by atomic mass is 32.2. The van der Waals surface area contributed by atoms with Crippen molar-refractivity contribution in [3.05, 3.63) is 59.9 Å². The molecule has 0 aliphatic carbocycles. The normalized spacial score (nSPS) is 12.7. The van der Waals surface area contributed by atoms with Crippen molar-refractivity contribution in [2.45, 2.75) is 13.0 Å². The molecule has 2 aromatic rings. The van der Waals surface area contributed by atoms with Gasteiger partial charge in [0.05, 0.1) is 18.5 Å². The lowest BCUT2D eigenvalue weighted by Gasteiger charge is -2.25. The number of hydrogen-bond acceptors (Lipinski definition) is 4. The Morgan fingerprint density at radius 3 is 2.38 bits per heavy atom. The Balaban J connectivity index is 2.06. The first-order chi connectivity index (χ1) is 11.3. The average Bonchev–Trinajstić information content (AvgIpc) is 2.52. The van der Waals surface area contributed by atoms with Crippen molar-refractivity contribution in [3.63, 3.8) is 0 Å². The zero-order valence-electron chi connectivity index (χ0n) is 13.5. The summed E-state index contributed by atoms with van der Waals surface area (Å²) in [5.41, 5.74) is 1.21. The summed E-state index contributed by atoms with van der Waals surface area (Å²) < 4.78 is 43.5. The van der Waals surface area contributed by atoms with E-state index in [2.05, 4.69) is 0 Å². The molecule has 1 atom stereocenters. The summed E-state index contributed by atoms with van der Waals surface area (Å²) in [6, 6.07) is 12.4. The number of para-hydroxylation sites is 1. The summed E-state index contributed by atoms with van der Waals surface area (Å²) in [6.07, 6.45) is -0.00459. The highest BCUT2D eigenvalue weighted by molar-refractivity contribution is 7.92. The van der Waals surface area contributed by atoms with Gasteiger partial charge in [-0.25, -0.2) is 12.8 Å². The van der Waals surface area contributed by atoms with Crippen LogP contribution in [0.15, 0.2) is 48.5 Å². The molecule has 0 aliphatic heterocycles. The minimum Gasteiger partial charge on any atom is -0.491 e. The van der Waals surface area contributed by atoms with Crippen molar-refractivity contribution in [3.8, 4) is 5.75 Å². The molecule has 130 valence electrons. The Bertz CT molecular complexity index is 777. The van der Waals surface area contributed by atoms with Crippen molar-refractivity contribution < 1.29 is 22.7 Å². The number of aliphatic hydroxyl groups excluding tert-OH is 1. The fourth-order valence-corrected chi connectivity index (χ4v) is 3.14. The maximum Gasteiger partial charge on any atom is 0.232 e. The summed E-state index contributed by atoms with van der Waals surface area (Å²) in [5.74, 6) is 0.167.